The molecule has 0 fully saturated rings. The smallest absolute Gasteiger partial charge is 0.207 e. The van der Waals surface area contributed by atoms with Gasteiger partial charge in [-0.3, -0.25) is 9.78 Å². The van der Waals surface area contributed by atoms with Crippen LogP contribution in [-0.2, 0) is 6.42 Å². The van der Waals surface area contributed by atoms with Gasteiger partial charge in [0.2, 0.25) is 5.78 Å². The number of carbonyl (C=O) groups excluding carboxylic acids is 1. The minimum absolute atomic E-state index is 0.0263. The molecule has 18 heavy (non-hydrogen) atoms. The third kappa shape index (κ3) is 1.95. The minimum atomic E-state index is -0.197. The Morgan fingerprint density at radius 3 is 3.06 bits per heavy atom. The molecule has 92 valence electrons. The molecule has 0 radical (unpaired) electrons. The molecule has 1 unspecified atom stereocenters. The van der Waals surface area contributed by atoms with Crippen LogP contribution in [0, 0.1) is 0 Å². The van der Waals surface area contributed by atoms with Crippen LogP contribution in [-0.4, -0.2) is 10.8 Å². The second-order valence-electron chi connectivity index (χ2n) is 4.46. The van der Waals surface area contributed by atoms with Crippen molar-refractivity contribution in [2.45, 2.75) is 25.2 Å². The summed E-state index contributed by atoms with van der Waals surface area (Å²) in [5.41, 5.74) is 2.06. The van der Waals surface area contributed by atoms with Gasteiger partial charge >= 0.3 is 0 Å². The second kappa shape index (κ2) is 4.58. The Balaban J connectivity index is 1.96. The van der Waals surface area contributed by atoms with Crippen molar-refractivity contribution in [3.05, 3.63) is 52.7 Å². The monoisotopic (exact) mass is 261 g/mol. The molecule has 4 heteroatoms. The van der Waals surface area contributed by atoms with E-state index in [0.717, 1.165) is 25.0 Å². The van der Waals surface area contributed by atoms with Gasteiger partial charge in [0, 0.05) is 6.20 Å². The number of hydrogen-bond acceptors (Lipinski definition) is 3. The Morgan fingerprint density at radius 2 is 2.28 bits per heavy atom. The van der Waals surface area contributed by atoms with Crippen LogP contribution < -0.4 is 0 Å². The van der Waals surface area contributed by atoms with E-state index in [9.17, 15) is 4.79 Å². The molecule has 1 aliphatic rings. The Bertz CT molecular complexity index is 591. The number of aryl methyl sites for hydroxylation is 1. The number of rotatable bonds is 2. The van der Waals surface area contributed by atoms with Crippen LogP contribution in [0.1, 0.15) is 40.6 Å². The molecule has 0 aromatic carbocycles. The van der Waals surface area contributed by atoms with Gasteiger partial charge < -0.3 is 4.42 Å². The van der Waals surface area contributed by atoms with Gasteiger partial charge in [0.05, 0.1) is 11.6 Å². The number of furan rings is 1. The number of hydrogen-bond donors (Lipinski definition) is 0. The summed E-state index contributed by atoms with van der Waals surface area (Å²) in [4.78, 5) is 16.7. The summed E-state index contributed by atoms with van der Waals surface area (Å²) in [6.07, 6.45) is 4.55. The summed E-state index contributed by atoms with van der Waals surface area (Å²) >= 11 is 5.71. The van der Waals surface area contributed by atoms with Crippen molar-refractivity contribution in [2.75, 3.05) is 0 Å². The summed E-state index contributed by atoms with van der Waals surface area (Å²) in [6.45, 7) is 0. The number of carbonyl (C=O) groups is 1. The normalized spacial score (nSPS) is 18.4. The van der Waals surface area contributed by atoms with Crippen LogP contribution in [0.25, 0.3) is 0 Å². The topological polar surface area (TPSA) is 43.1 Å². The minimum Gasteiger partial charge on any atom is -0.442 e. The zero-order valence-electron chi connectivity index (χ0n) is 9.73. The number of pyridine rings is 1. The molecule has 0 amide bonds. The lowest BCUT2D eigenvalue weighted by Gasteiger charge is -2.22. The first-order chi connectivity index (χ1) is 8.75. The molecular weight excluding hydrogens is 250 g/mol. The SMILES string of the molecule is O=C(c1ccc(Cl)o1)C1CCCc2cccnc21. The Labute approximate surface area is 110 Å². The molecule has 2 aromatic heterocycles. The fourth-order valence-corrected chi connectivity index (χ4v) is 2.63. The van der Waals surface area contributed by atoms with Crippen LogP contribution in [0.3, 0.4) is 0 Å². The zero-order valence-corrected chi connectivity index (χ0v) is 10.5. The van der Waals surface area contributed by atoms with E-state index in [1.54, 1.807) is 18.3 Å². The lowest BCUT2D eigenvalue weighted by molar-refractivity contribution is 0.0921. The average Bonchev–Trinajstić information content (AvgIpc) is 2.84. The highest BCUT2D eigenvalue weighted by molar-refractivity contribution is 6.29. The van der Waals surface area contributed by atoms with Crippen molar-refractivity contribution in [1.82, 2.24) is 4.98 Å². The van der Waals surface area contributed by atoms with E-state index >= 15 is 0 Å². The first-order valence-electron chi connectivity index (χ1n) is 5.99. The summed E-state index contributed by atoms with van der Waals surface area (Å²) in [7, 11) is 0. The fourth-order valence-electron chi connectivity index (χ4n) is 2.48. The van der Waals surface area contributed by atoms with Crippen molar-refractivity contribution in [1.29, 1.82) is 0 Å². The molecule has 1 aliphatic carbocycles. The molecule has 0 saturated heterocycles. The number of aromatic nitrogens is 1. The molecule has 0 aliphatic heterocycles. The largest absolute Gasteiger partial charge is 0.442 e. The zero-order chi connectivity index (χ0) is 12.5. The highest BCUT2D eigenvalue weighted by atomic mass is 35.5. The number of fused-ring (bicyclic) bond motifs is 1. The highest BCUT2D eigenvalue weighted by Gasteiger charge is 2.30. The number of nitrogens with zero attached hydrogens (tertiary/aromatic N) is 1. The first-order valence-corrected chi connectivity index (χ1v) is 6.37. The predicted octanol–water partition coefficient (Wildman–Crippen LogP) is 3.63. The molecule has 3 rings (SSSR count). The molecule has 0 spiro atoms. The van der Waals surface area contributed by atoms with Gasteiger partial charge in [0.25, 0.3) is 0 Å². The van der Waals surface area contributed by atoms with E-state index in [-0.39, 0.29) is 16.9 Å². The quantitative estimate of drug-likeness (QED) is 0.776. The van der Waals surface area contributed by atoms with Crippen LogP contribution in [0.4, 0.5) is 0 Å². The predicted molar refractivity (Wildman–Crippen MR) is 68.0 cm³/mol. The third-order valence-corrected chi connectivity index (χ3v) is 3.53. The fraction of sp³-hybridized carbons (Fsp3) is 0.286. The van der Waals surface area contributed by atoms with Gasteiger partial charge in [0.1, 0.15) is 0 Å². The Kier molecular flexibility index (Phi) is 2.92. The Morgan fingerprint density at radius 1 is 1.39 bits per heavy atom. The number of ketones is 1. The standard InChI is InChI=1S/C14H12ClNO2/c15-12-7-6-11(18-12)14(17)10-5-1-3-9-4-2-8-16-13(9)10/h2,4,6-8,10H,1,3,5H2. The van der Waals surface area contributed by atoms with Crippen LogP contribution in [0.15, 0.2) is 34.9 Å². The summed E-state index contributed by atoms with van der Waals surface area (Å²) in [6, 6.07) is 7.17. The molecule has 2 heterocycles. The van der Waals surface area contributed by atoms with E-state index in [4.69, 9.17) is 16.0 Å². The second-order valence-corrected chi connectivity index (χ2v) is 4.83. The highest BCUT2D eigenvalue weighted by Crippen LogP contribution is 2.33. The van der Waals surface area contributed by atoms with E-state index in [2.05, 4.69) is 4.98 Å². The van der Waals surface area contributed by atoms with E-state index in [1.807, 2.05) is 12.1 Å². The Hall–Kier alpha value is -1.61. The maximum absolute atomic E-state index is 12.4. The summed E-state index contributed by atoms with van der Waals surface area (Å²) < 4.78 is 5.20. The molecule has 3 nitrogen and oxygen atoms in total. The van der Waals surface area contributed by atoms with Crippen molar-refractivity contribution in [3.8, 4) is 0 Å². The van der Waals surface area contributed by atoms with Gasteiger partial charge in [-0.1, -0.05) is 6.07 Å². The number of Topliss-reactive ketones (excluding diaryl/α,β-unsaturated/α-hetero) is 1. The lowest BCUT2D eigenvalue weighted by Crippen LogP contribution is -2.19. The van der Waals surface area contributed by atoms with Crippen molar-refractivity contribution in [2.24, 2.45) is 0 Å². The van der Waals surface area contributed by atoms with Gasteiger partial charge in [-0.15, -0.1) is 0 Å². The van der Waals surface area contributed by atoms with Crippen LogP contribution in [0.2, 0.25) is 5.22 Å². The molecular formula is C14H12ClNO2. The summed E-state index contributed by atoms with van der Waals surface area (Å²) in [5.74, 6) is 0.0993. The molecule has 2 aromatic rings. The molecule has 0 N–H and O–H groups in total. The molecule has 0 bridgehead atoms. The van der Waals surface area contributed by atoms with Gasteiger partial charge in [0.15, 0.2) is 11.0 Å². The van der Waals surface area contributed by atoms with Crippen molar-refractivity contribution < 1.29 is 9.21 Å². The van der Waals surface area contributed by atoms with Crippen molar-refractivity contribution >= 4 is 17.4 Å². The van der Waals surface area contributed by atoms with Gasteiger partial charge in [-0.2, -0.15) is 0 Å². The van der Waals surface area contributed by atoms with E-state index < -0.39 is 0 Å². The van der Waals surface area contributed by atoms with Crippen LogP contribution >= 0.6 is 11.6 Å². The maximum atomic E-state index is 12.4. The van der Waals surface area contributed by atoms with Crippen molar-refractivity contribution in [3.63, 3.8) is 0 Å². The summed E-state index contributed by atoms with van der Waals surface area (Å²) in [5, 5.41) is 0.246. The van der Waals surface area contributed by atoms with E-state index in [0.29, 0.717) is 5.76 Å². The van der Waals surface area contributed by atoms with E-state index in [1.165, 1.54) is 5.56 Å². The lowest BCUT2D eigenvalue weighted by atomic mass is 9.83. The van der Waals surface area contributed by atoms with Gasteiger partial charge in [-0.05, 0) is 54.6 Å². The molecule has 1 atom stereocenters. The first kappa shape index (κ1) is 11.5. The van der Waals surface area contributed by atoms with Crippen LogP contribution in [0.5, 0.6) is 0 Å². The van der Waals surface area contributed by atoms with Gasteiger partial charge in [-0.25, -0.2) is 0 Å². The third-order valence-electron chi connectivity index (χ3n) is 3.33. The maximum Gasteiger partial charge on any atom is 0.207 e. The molecule has 0 saturated carbocycles. The number of halogens is 1. The average molecular weight is 262 g/mol.